The Morgan fingerprint density at radius 3 is 2.00 bits per heavy atom. The lowest BCUT2D eigenvalue weighted by Crippen LogP contribution is -2.56. The maximum absolute atomic E-state index is 6.40. The lowest BCUT2D eigenvalue weighted by Gasteiger charge is -2.40. The normalized spacial score (nSPS) is 13.3. The van der Waals surface area contributed by atoms with Crippen LogP contribution in [0.1, 0.15) is 76.0 Å². The number of nitrogens with zero attached hydrogens (tertiary/aromatic N) is 1. The third-order valence-electron chi connectivity index (χ3n) is 10.8. The Balaban J connectivity index is 1.40. The number of furan rings is 1. The first-order valence-electron chi connectivity index (χ1n) is 17.6. The molecule has 6 aromatic carbocycles. The maximum atomic E-state index is 6.40. The lowest BCUT2D eigenvalue weighted by atomic mass is 9.36. The van der Waals surface area contributed by atoms with Gasteiger partial charge in [0.1, 0.15) is 11.2 Å². The second-order valence-electron chi connectivity index (χ2n) is 14.7. The molecule has 234 valence electrons. The number of hydrogen-bond donors (Lipinski definition) is 0. The Morgan fingerprint density at radius 1 is 0.500 bits per heavy atom. The first-order chi connectivity index (χ1) is 23.3. The highest BCUT2D eigenvalue weighted by Gasteiger charge is 2.45. The summed E-state index contributed by atoms with van der Waals surface area (Å²) >= 11 is 0. The van der Waals surface area contributed by atoms with Crippen molar-refractivity contribution in [1.82, 2.24) is 0 Å². The molecule has 2 nitrogen and oxygen atoms in total. The minimum Gasteiger partial charge on any atom is -0.456 e. The molecule has 1 aromatic heterocycles. The number of anilines is 3. The summed E-state index contributed by atoms with van der Waals surface area (Å²) in [5, 5.41) is 2.32. The smallest absolute Gasteiger partial charge is 0.248 e. The van der Waals surface area contributed by atoms with Crippen LogP contribution < -0.4 is 21.3 Å². The Bertz CT molecular complexity index is 2410. The summed E-state index contributed by atoms with van der Waals surface area (Å²) in [5.41, 5.74) is 19.4. The Labute approximate surface area is 284 Å². The molecular weight excluding hydrogens is 581 g/mol. The first kappa shape index (κ1) is 29.1. The fourth-order valence-corrected chi connectivity index (χ4v) is 8.61. The van der Waals surface area contributed by atoms with E-state index < -0.39 is 0 Å². The van der Waals surface area contributed by atoms with Gasteiger partial charge in [-0.25, -0.2) is 0 Å². The van der Waals surface area contributed by atoms with E-state index in [0.29, 0.717) is 17.8 Å². The van der Waals surface area contributed by atoms with Crippen molar-refractivity contribution in [2.45, 2.75) is 59.3 Å². The number of para-hydroxylation sites is 3. The van der Waals surface area contributed by atoms with E-state index in [0.717, 1.165) is 21.9 Å². The molecule has 2 aliphatic heterocycles. The minimum absolute atomic E-state index is 0.187. The van der Waals surface area contributed by atoms with Crippen molar-refractivity contribution < 1.29 is 4.42 Å². The molecule has 0 atom stereocenters. The zero-order valence-corrected chi connectivity index (χ0v) is 28.6. The van der Waals surface area contributed by atoms with E-state index in [1.807, 2.05) is 6.07 Å². The largest absolute Gasteiger partial charge is 0.456 e. The lowest BCUT2D eigenvalue weighted by molar-refractivity contribution is 0.669. The predicted molar refractivity (Wildman–Crippen MR) is 206 cm³/mol. The average Bonchev–Trinajstić information content (AvgIpc) is 3.64. The van der Waals surface area contributed by atoms with Crippen molar-refractivity contribution in [1.29, 1.82) is 0 Å². The van der Waals surface area contributed by atoms with Gasteiger partial charge in [-0.05, 0) is 104 Å². The van der Waals surface area contributed by atoms with Crippen molar-refractivity contribution in [3.05, 3.63) is 132 Å². The summed E-state index contributed by atoms with van der Waals surface area (Å²) in [5.74, 6) is 1.17. The van der Waals surface area contributed by atoms with E-state index in [1.165, 1.54) is 72.4 Å². The zero-order chi connectivity index (χ0) is 32.8. The molecule has 0 spiro atoms. The van der Waals surface area contributed by atoms with Gasteiger partial charge in [-0.2, -0.15) is 0 Å². The van der Waals surface area contributed by atoms with Crippen molar-refractivity contribution >= 4 is 62.1 Å². The Morgan fingerprint density at radius 2 is 1.19 bits per heavy atom. The van der Waals surface area contributed by atoms with Gasteiger partial charge in [0.05, 0.1) is 0 Å². The van der Waals surface area contributed by atoms with Crippen LogP contribution >= 0.6 is 0 Å². The van der Waals surface area contributed by atoms with Gasteiger partial charge in [-0.1, -0.05) is 126 Å². The third-order valence-corrected chi connectivity index (χ3v) is 10.8. The van der Waals surface area contributed by atoms with Gasteiger partial charge in [0.15, 0.2) is 0 Å². The predicted octanol–water partition coefficient (Wildman–Crippen LogP) is 10.9. The Hall–Kier alpha value is -5.02. The number of benzene rings is 6. The van der Waals surface area contributed by atoms with Crippen LogP contribution in [0.4, 0.5) is 17.1 Å². The van der Waals surface area contributed by atoms with Crippen LogP contribution in [0.15, 0.2) is 120 Å². The molecule has 7 aromatic rings. The van der Waals surface area contributed by atoms with Crippen LogP contribution in [0.2, 0.25) is 0 Å². The van der Waals surface area contributed by atoms with E-state index in [4.69, 9.17) is 4.42 Å². The zero-order valence-electron chi connectivity index (χ0n) is 28.6. The molecule has 0 aliphatic carbocycles. The molecule has 0 bridgehead atoms. The fourth-order valence-electron chi connectivity index (χ4n) is 8.61. The van der Waals surface area contributed by atoms with Gasteiger partial charge in [0, 0.05) is 27.8 Å². The summed E-state index contributed by atoms with van der Waals surface area (Å²) in [7, 11) is 0. The van der Waals surface area contributed by atoms with Crippen LogP contribution in [-0.4, -0.2) is 6.71 Å². The van der Waals surface area contributed by atoms with Gasteiger partial charge < -0.3 is 9.32 Å². The molecule has 0 N–H and O–H groups in total. The van der Waals surface area contributed by atoms with Gasteiger partial charge in [-0.3, -0.25) is 0 Å². The molecule has 0 saturated carbocycles. The molecule has 0 amide bonds. The highest BCUT2D eigenvalue weighted by Crippen LogP contribution is 2.47. The molecule has 2 aliphatic rings. The van der Waals surface area contributed by atoms with Gasteiger partial charge >= 0.3 is 0 Å². The molecule has 0 fully saturated rings. The molecule has 0 unspecified atom stereocenters. The van der Waals surface area contributed by atoms with Gasteiger partial charge in [-0.15, -0.1) is 0 Å². The summed E-state index contributed by atoms with van der Waals surface area (Å²) in [4.78, 5) is 2.62. The average molecular weight is 622 g/mol. The van der Waals surface area contributed by atoms with Gasteiger partial charge in [0.25, 0.3) is 0 Å². The minimum atomic E-state index is 0.187. The molecule has 0 saturated heterocycles. The van der Waals surface area contributed by atoms with Gasteiger partial charge in [0.2, 0.25) is 6.71 Å². The van der Waals surface area contributed by atoms with E-state index in [2.05, 4.69) is 156 Å². The quantitative estimate of drug-likeness (QED) is 0.178. The first-order valence-corrected chi connectivity index (χ1v) is 17.6. The third kappa shape index (κ3) is 4.13. The number of fused-ring (bicyclic) bond motifs is 8. The maximum Gasteiger partial charge on any atom is 0.248 e. The van der Waals surface area contributed by atoms with Crippen LogP contribution in [0.25, 0.3) is 44.2 Å². The number of rotatable bonds is 5. The standard InChI is InChI=1S/C45H40BNO/c1-26(2)31-13-7-9-19-39(31)47-40-24-30(29-21-22-35-34-14-8-10-20-41(34)48-42(35)25-29)23-37-36-17-11-15-32(27(3)4)43(36)46(44(37)40)38-18-12-16-33(28(5)6)45(38)47/h7-28H,1-6H3. The van der Waals surface area contributed by atoms with Crippen molar-refractivity contribution in [2.24, 2.45) is 0 Å². The van der Waals surface area contributed by atoms with E-state index in [-0.39, 0.29) is 6.71 Å². The van der Waals surface area contributed by atoms with Crippen LogP contribution in [0, 0.1) is 0 Å². The molecular formula is C45H40BNO. The van der Waals surface area contributed by atoms with Crippen LogP contribution in [-0.2, 0) is 0 Å². The second-order valence-corrected chi connectivity index (χ2v) is 14.7. The van der Waals surface area contributed by atoms with E-state index >= 15 is 0 Å². The SMILES string of the molecule is CC(C)c1ccccc1N1c2cc(-c3ccc4c(c3)oc3ccccc34)cc3c2B(c2cccc(C(C)C)c21)c1c-3cccc1C(C)C. The van der Waals surface area contributed by atoms with Crippen molar-refractivity contribution in [3.8, 4) is 22.3 Å². The molecule has 0 radical (unpaired) electrons. The monoisotopic (exact) mass is 621 g/mol. The van der Waals surface area contributed by atoms with Crippen molar-refractivity contribution in [3.63, 3.8) is 0 Å². The fraction of sp³-hybridized carbons (Fsp3) is 0.200. The molecule has 3 heteroatoms. The highest BCUT2D eigenvalue weighted by atomic mass is 16.3. The molecule has 9 rings (SSSR count). The van der Waals surface area contributed by atoms with Crippen LogP contribution in [0.3, 0.4) is 0 Å². The molecule has 48 heavy (non-hydrogen) atoms. The van der Waals surface area contributed by atoms with Crippen molar-refractivity contribution in [2.75, 3.05) is 4.90 Å². The number of hydrogen-bond acceptors (Lipinski definition) is 2. The summed E-state index contributed by atoms with van der Waals surface area (Å²) in [6.07, 6.45) is 0. The Kier molecular flexibility index (Phi) is 6.53. The van der Waals surface area contributed by atoms with E-state index in [9.17, 15) is 0 Å². The summed E-state index contributed by atoms with van der Waals surface area (Å²) in [6.45, 7) is 14.2. The van der Waals surface area contributed by atoms with Crippen LogP contribution in [0.5, 0.6) is 0 Å². The second kappa shape index (κ2) is 10.8. The van der Waals surface area contributed by atoms with E-state index in [1.54, 1.807) is 0 Å². The topological polar surface area (TPSA) is 16.4 Å². The molecule has 3 heterocycles. The summed E-state index contributed by atoms with van der Waals surface area (Å²) < 4.78 is 6.40. The summed E-state index contributed by atoms with van der Waals surface area (Å²) in [6, 6.07) is 43.1. The highest BCUT2D eigenvalue weighted by molar-refractivity contribution is 7.01.